The summed E-state index contributed by atoms with van der Waals surface area (Å²) in [5.41, 5.74) is -2.76. The quantitative estimate of drug-likeness (QED) is 0.669. The summed E-state index contributed by atoms with van der Waals surface area (Å²) in [6.45, 7) is 0. The van der Waals surface area contributed by atoms with Crippen molar-refractivity contribution >= 4 is 0 Å². The van der Waals surface area contributed by atoms with Gasteiger partial charge < -0.3 is 4.84 Å². The molecule has 0 aliphatic carbocycles. The van der Waals surface area contributed by atoms with Gasteiger partial charge in [0.2, 0.25) is 0 Å². The van der Waals surface area contributed by atoms with Gasteiger partial charge in [0.15, 0.2) is 5.75 Å². The fourth-order valence-corrected chi connectivity index (χ4v) is 1.04. The number of rotatable bonds is 2. The average Bonchev–Trinajstić information content (AvgIpc) is 2.25. The molecule has 1 radical (unpaired) electrons. The third kappa shape index (κ3) is 1.92. The highest BCUT2D eigenvalue weighted by Gasteiger charge is 2.04. The summed E-state index contributed by atoms with van der Waals surface area (Å²) in [6.07, 6.45) is 0. The number of hydrogen-bond acceptors (Lipinski definition) is 4. The lowest BCUT2D eigenvalue weighted by atomic mass is 10.3. The molecule has 1 aromatic carbocycles. The minimum Gasteiger partial charge on any atom is -0.366 e. The summed E-state index contributed by atoms with van der Waals surface area (Å²) in [6, 6.07) is 8.88. The van der Waals surface area contributed by atoms with Crippen LogP contribution < -0.4 is 21.9 Å². The molecular formula is C9H6N3O4. The van der Waals surface area contributed by atoms with Crippen LogP contribution in [-0.2, 0) is 0 Å². The number of H-pyrrole nitrogens is 2. The van der Waals surface area contributed by atoms with Crippen LogP contribution in [0.3, 0.4) is 0 Å². The Morgan fingerprint density at radius 2 is 1.62 bits per heavy atom. The molecule has 0 saturated carbocycles. The van der Waals surface area contributed by atoms with Gasteiger partial charge in [0.05, 0.1) is 0 Å². The molecule has 1 aromatic heterocycles. The van der Waals surface area contributed by atoms with E-state index >= 15 is 0 Å². The van der Waals surface area contributed by atoms with Crippen molar-refractivity contribution in [2.24, 2.45) is 0 Å². The van der Waals surface area contributed by atoms with E-state index < -0.39 is 17.1 Å². The molecule has 7 nitrogen and oxygen atoms in total. The van der Waals surface area contributed by atoms with Gasteiger partial charge in [-0.1, -0.05) is 16.9 Å². The van der Waals surface area contributed by atoms with Gasteiger partial charge in [-0.05, 0) is 18.2 Å². The third-order valence-electron chi connectivity index (χ3n) is 1.69. The summed E-state index contributed by atoms with van der Waals surface area (Å²) in [7, 11) is 0. The van der Waals surface area contributed by atoms with Crippen LogP contribution in [0.15, 0.2) is 38.6 Å². The average molecular weight is 220 g/mol. The normalized spacial score (nSPS) is 10.0. The monoisotopic (exact) mass is 220 g/mol. The van der Waals surface area contributed by atoms with Crippen molar-refractivity contribution < 1.29 is 4.84 Å². The zero-order valence-corrected chi connectivity index (χ0v) is 7.89. The number of benzene rings is 1. The first-order chi connectivity index (χ1) is 7.66. The first kappa shape index (κ1) is 9.97. The number of hydrogen-bond donors (Lipinski definition) is 2. The van der Waals surface area contributed by atoms with E-state index in [4.69, 9.17) is 4.84 Å². The maximum absolute atomic E-state index is 11.2. The van der Waals surface area contributed by atoms with Crippen LogP contribution in [0.1, 0.15) is 0 Å². The highest BCUT2D eigenvalue weighted by Crippen LogP contribution is 2.06. The summed E-state index contributed by atoms with van der Waals surface area (Å²) < 4.78 is 0.413. The van der Waals surface area contributed by atoms with Crippen LogP contribution in [0.2, 0.25) is 0 Å². The van der Waals surface area contributed by atoms with Crippen molar-refractivity contribution in [3.63, 3.8) is 0 Å². The molecule has 0 aliphatic rings. The summed E-state index contributed by atoms with van der Waals surface area (Å²) in [4.78, 5) is 41.9. The Morgan fingerprint density at radius 1 is 1.06 bits per heavy atom. The van der Waals surface area contributed by atoms with E-state index in [9.17, 15) is 14.4 Å². The molecule has 0 aliphatic heterocycles. The smallest absolute Gasteiger partial charge is 0.366 e. The highest BCUT2D eigenvalue weighted by molar-refractivity contribution is 5.20. The lowest BCUT2D eigenvalue weighted by Gasteiger charge is -2.03. The second kappa shape index (κ2) is 3.89. The lowest BCUT2D eigenvalue weighted by Crippen LogP contribution is -2.45. The van der Waals surface area contributed by atoms with Gasteiger partial charge in [-0.25, -0.2) is 14.4 Å². The van der Waals surface area contributed by atoms with E-state index in [1.165, 1.54) is 12.1 Å². The zero-order valence-electron chi connectivity index (χ0n) is 7.89. The van der Waals surface area contributed by atoms with Crippen molar-refractivity contribution in [3.05, 3.63) is 61.8 Å². The second-order valence-electron chi connectivity index (χ2n) is 2.81. The number of aromatic amines is 2. The Balaban J connectivity index is 2.48. The van der Waals surface area contributed by atoms with Crippen molar-refractivity contribution in [2.75, 3.05) is 0 Å². The van der Waals surface area contributed by atoms with Crippen molar-refractivity contribution in [3.8, 4) is 5.75 Å². The highest BCUT2D eigenvalue weighted by atomic mass is 16.7. The minimum absolute atomic E-state index is 0.276. The summed E-state index contributed by atoms with van der Waals surface area (Å²) in [5, 5.41) is 0. The van der Waals surface area contributed by atoms with E-state index in [2.05, 4.69) is 6.07 Å². The van der Waals surface area contributed by atoms with E-state index in [1.807, 2.05) is 9.97 Å². The Kier molecular flexibility index (Phi) is 2.42. The van der Waals surface area contributed by atoms with Crippen LogP contribution >= 0.6 is 0 Å². The van der Waals surface area contributed by atoms with Gasteiger partial charge in [0.25, 0.3) is 0 Å². The predicted molar refractivity (Wildman–Crippen MR) is 53.2 cm³/mol. The van der Waals surface area contributed by atoms with Crippen molar-refractivity contribution in [1.29, 1.82) is 0 Å². The van der Waals surface area contributed by atoms with Crippen molar-refractivity contribution in [1.82, 2.24) is 14.7 Å². The zero-order chi connectivity index (χ0) is 11.5. The molecule has 1 heterocycles. The standard InChI is InChI=1S/C9H6N3O4/c13-7-10-8(14)12(9(15)11-7)16-6-4-2-1-3-5-6/h2-5H,(H2,10,11,13,14,15). The van der Waals surface area contributed by atoms with E-state index in [0.29, 0.717) is 4.73 Å². The number of nitrogens with one attached hydrogen (secondary N) is 2. The Hall–Kier alpha value is -2.57. The molecule has 81 valence electrons. The van der Waals surface area contributed by atoms with Gasteiger partial charge in [0, 0.05) is 0 Å². The lowest BCUT2D eigenvalue weighted by molar-refractivity contribution is 0.183. The number of aromatic nitrogens is 3. The molecule has 16 heavy (non-hydrogen) atoms. The molecule has 2 rings (SSSR count). The molecule has 0 spiro atoms. The van der Waals surface area contributed by atoms with Crippen LogP contribution in [0, 0.1) is 6.07 Å². The predicted octanol–water partition coefficient (Wildman–Crippen LogP) is -1.13. The fourth-order valence-electron chi connectivity index (χ4n) is 1.04. The van der Waals surface area contributed by atoms with Crippen LogP contribution in [0.4, 0.5) is 0 Å². The topological polar surface area (TPSA) is 96.9 Å². The van der Waals surface area contributed by atoms with Gasteiger partial charge in [0.1, 0.15) is 0 Å². The molecule has 0 unspecified atom stereocenters. The summed E-state index contributed by atoms with van der Waals surface area (Å²) in [5.74, 6) is 0.276. The molecule has 2 N–H and O–H groups in total. The minimum atomic E-state index is -0.943. The molecule has 0 amide bonds. The Morgan fingerprint density at radius 3 is 2.19 bits per heavy atom. The molecule has 0 atom stereocenters. The van der Waals surface area contributed by atoms with Crippen LogP contribution in [0.5, 0.6) is 5.75 Å². The SMILES string of the molecule is O=c1[nH]c(=O)n(Oc2cc[c]cc2)c(=O)[nH]1. The maximum Gasteiger partial charge on any atom is 0.367 e. The maximum atomic E-state index is 11.2. The molecular weight excluding hydrogens is 214 g/mol. The first-order valence-electron chi connectivity index (χ1n) is 4.27. The number of nitrogens with zero attached hydrogens (tertiary/aromatic N) is 1. The molecule has 0 saturated heterocycles. The van der Waals surface area contributed by atoms with E-state index in [-0.39, 0.29) is 5.75 Å². The Labute approximate surface area is 87.9 Å². The molecule has 2 aromatic rings. The van der Waals surface area contributed by atoms with Gasteiger partial charge in [-0.2, -0.15) is 0 Å². The van der Waals surface area contributed by atoms with E-state index in [1.54, 1.807) is 12.1 Å². The van der Waals surface area contributed by atoms with Gasteiger partial charge >= 0.3 is 17.1 Å². The van der Waals surface area contributed by atoms with E-state index in [0.717, 1.165) is 0 Å². The van der Waals surface area contributed by atoms with Gasteiger partial charge in [-0.3, -0.25) is 9.97 Å². The van der Waals surface area contributed by atoms with Crippen LogP contribution in [0.25, 0.3) is 0 Å². The fraction of sp³-hybridized carbons (Fsp3) is 0. The first-order valence-corrected chi connectivity index (χ1v) is 4.27. The molecule has 0 bridgehead atoms. The van der Waals surface area contributed by atoms with Crippen molar-refractivity contribution in [2.45, 2.75) is 0 Å². The van der Waals surface area contributed by atoms with Crippen LogP contribution in [-0.4, -0.2) is 14.7 Å². The Bertz CT molecular complexity index is 618. The second-order valence-corrected chi connectivity index (χ2v) is 2.81. The molecule has 0 fully saturated rings. The van der Waals surface area contributed by atoms with Gasteiger partial charge in [-0.15, -0.1) is 0 Å². The largest absolute Gasteiger partial charge is 0.367 e. The summed E-state index contributed by atoms with van der Waals surface area (Å²) >= 11 is 0. The third-order valence-corrected chi connectivity index (χ3v) is 1.69. The molecule has 7 heteroatoms.